The average molecular weight is 480 g/mol. The predicted octanol–water partition coefficient (Wildman–Crippen LogP) is 5.77. The highest BCUT2D eigenvalue weighted by Crippen LogP contribution is 2.39. The fourth-order valence-electron chi connectivity index (χ4n) is 4.22. The summed E-state index contributed by atoms with van der Waals surface area (Å²) in [5.74, 6) is -0.903. The number of hydrogen-bond acceptors (Lipinski definition) is 8. The van der Waals surface area contributed by atoms with Gasteiger partial charge in [0.2, 0.25) is 0 Å². The number of nitro groups is 2. The quantitative estimate of drug-likeness (QED) is 0.230. The number of hydrogen-bond donors (Lipinski definition) is 2. The lowest BCUT2D eigenvalue weighted by atomic mass is 9.82. The Morgan fingerprint density at radius 1 is 0.500 bits per heavy atom. The Bertz CT molecular complexity index is 1480. The standard InChI is InChI=1S/C26H16N4O6/c31-25-16-8-6-12-20(28-18-10-2-4-14-22(18)30(35)36)24(16)26(32)15-7-5-11-19(23(15)25)27-17-9-1-3-13-21(17)29(33)34/h1-14,27-28H. The summed E-state index contributed by atoms with van der Waals surface area (Å²) in [7, 11) is 0. The van der Waals surface area contributed by atoms with Crippen LogP contribution in [0.5, 0.6) is 0 Å². The van der Waals surface area contributed by atoms with E-state index in [0.717, 1.165) is 0 Å². The van der Waals surface area contributed by atoms with Gasteiger partial charge >= 0.3 is 0 Å². The number of nitrogens with zero attached hydrogens (tertiary/aromatic N) is 2. The van der Waals surface area contributed by atoms with Gasteiger partial charge in [0.25, 0.3) is 11.4 Å². The third kappa shape index (κ3) is 3.72. The smallest absolute Gasteiger partial charge is 0.292 e. The molecule has 0 heterocycles. The van der Waals surface area contributed by atoms with Gasteiger partial charge in [-0.15, -0.1) is 0 Å². The first-order chi connectivity index (χ1) is 17.4. The topological polar surface area (TPSA) is 144 Å². The number of ketones is 2. The molecular weight excluding hydrogens is 464 g/mol. The third-order valence-electron chi connectivity index (χ3n) is 5.81. The minimum atomic E-state index is -0.541. The second-order valence-corrected chi connectivity index (χ2v) is 7.91. The van der Waals surface area contributed by atoms with Crippen molar-refractivity contribution in [2.24, 2.45) is 0 Å². The summed E-state index contributed by atoms with van der Waals surface area (Å²) >= 11 is 0. The number of fused-ring (bicyclic) bond motifs is 2. The minimum Gasteiger partial charge on any atom is -0.349 e. The van der Waals surface area contributed by atoms with Crippen LogP contribution in [-0.4, -0.2) is 21.4 Å². The highest BCUT2D eigenvalue weighted by molar-refractivity contribution is 6.32. The molecule has 0 amide bonds. The van der Waals surface area contributed by atoms with Gasteiger partial charge in [0.1, 0.15) is 11.4 Å². The number of carbonyl (C=O) groups is 2. The fraction of sp³-hybridized carbons (Fsp3) is 0. The molecule has 0 unspecified atom stereocenters. The van der Waals surface area contributed by atoms with E-state index in [9.17, 15) is 29.8 Å². The van der Waals surface area contributed by atoms with E-state index in [1.54, 1.807) is 36.4 Å². The van der Waals surface area contributed by atoms with Crippen molar-refractivity contribution in [2.45, 2.75) is 0 Å². The lowest BCUT2D eigenvalue weighted by Crippen LogP contribution is -2.23. The maximum absolute atomic E-state index is 13.6. The van der Waals surface area contributed by atoms with E-state index in [2.05, 4.69) is 10.6 Å². The van der Waals surface area contributed by atoms with Crippen LogP contribution in [0.1, 0.15) is 31.8 Å². The second-order valence-electron chi connectivity index (χ2n) is 7.91. The second kappa shape index (κ2) is 8.76. The zero-order valence-corrected chi connectivity index (χ0v) is 18.4. The summed E-state index contributed by atoms with van der Waals surface area (Å²) in [5.41, 5.74) is 0.919. The van der Waals surface area contributed by atoms with Crippen LogP contribution in [0.25, 0.3) is 0 Å². The van der Waals surface area contributed by atoms with Crippen molar-refractivity contribution in [3.63, 3.8) is 0 Å². The number of nitro benzene ring substituents is 2. The zero-order valence-electron chi connectivity index (χ0n) is 18.4. The number of anilines is 4. The van der Waals surface area contributed by atoms with Crippen LogP contribution in [0.4, 0.5) is 34.1 Å². The third-order valence-corrected chi connectivity index (χ3v) is 5.81. The van der Waals surface area contributed by atoms with Crippen molar-refractivity contribution in [2.75, 3.05) is 10.6 Å². The van der Waals surface area contributed by atoms with E-state index in [1.165, 1.54) is 48.5 Å². The van der Waals surface area contributed by atoms with E-state index < -0.39 is 21.4 Å². The molecule has 5 rings (SSSR count). The minimum absolute atomic E-state index is 0.0935. The van der Waals surface area contributed by atoms with Gasteiger partial charge in [-0.1, -0.05) is 48.5 Å². The van der Waals surface area contributed by atoms with Gasteiger partial charge in [0.05, 0.1) is 32.3 Å². The molecule has 0 atom stereocenters. The number of para-hydroxylation sites is 4. The largest absolute Gasteiger partial charge is 0.349 e. The molecule has 1 aliphatic rings. The lowest BCUT2D eigenvalue weighted by molar-refractivity contribution is -0.384. The average Bonchev–Trinajstić information content (AvgIpc) is 2.87. The summed E-state index contributed by atoms with van der Waals surface area (Å²) in [6, 6.07) is 21.3. The maximum atomic E-state index is 13.6. The number of carbonyl (C=O) groups excluding carboxylic acids is 2. The van der Waals surface area contributed by atoms with Crippen molar-refractivity contribution in [1.82, 2.24) is 0 Å². The van der Waals surface area contributed by atoms with Crippen LogP contribution in [-0.2, 0) is 0 Å². The summed E-state index contributed by atoms with van der Waals surface area (Å²) in [5, 5.41) is 28.7. The van der Waals surface area contributed by atoms with Crippen LogP contribution in [0, 0.1) is 20.2 Å². The maximum Gasteiger partial charge on any atom is 0.292 e. The molecule has 4 aromatic rings. The first-order valence-corrected chi connectivity index (χ1v) is 10.7. The van der Waals surface area contributed by atoms with Crippen molar-refractivity contribution >= 4 is 45.7 Å². The molecule has 0 bridgehead atoms. The van der Waals surface area contributed by atoms with Gasteiger partial charge in [-0.05, 0) is 24.3 Å². The Labute approximate surface area is 203 Å². The summed E-state index contributed by atoms with van der Waals surface area (Å²) < 4.78 is 0. The summed E-state index contributed by atoms with van der Waals surface area (Å²) in [4.78, 5) is 49.0. The Hall–Kier alpha value is -5.38. The number of benzene rings is 4. The van der Waals surface area contributed by atoms with Crippen molar-refractivity contribution in [3.05, 3.63) is 127 Å². The molecule has 0 spiro atoms. The summed E-state index contributed by atoms with van der Waals surface area (Å²) in [6.07, 6.45) is 0. The van der Waals surface area contributed by atoms with Gasteiger partial charge in [-0.3, -0.25) is 29.8 Å². The molecule has 10 nitrogen and oxygen atoms in total. The molecule has 0 aliphatic heterocycles. The molecule has 2 N–H and O–H groups in total. The molecule has 0 fully saturated rings. The Balaban J connectivity index is 1.59. The van der Waals surface area contributed by atoms with E-state index >= 15 is 0 Å². The van der Waals surface area contributed by atoms with Gasteiger partial charge in [-0.2, -0.15) is 0 Å². The molecule has 10 heteroatoms. The molecular formula is C26H16N4O6. The molecule has 0 radical (unpaired) electrons. The molecule has 1 aliphatic carbocycles. The Morgan fingerprint density at radius 2 is 0.861 bits per heavy atom. The van der Waals surface area contributed by atoms with E-state index in [0.29, 0.717) is 0 Å². The van der Waals surface area contributed by atoms with Crippen molar-refractivity contribution in [3.8, 4) is 0 Å². The van der Waals surface area contributed by atoms with Crippen LogP contribution in [0.3, 0.4) is 0 Å². The zero-order chi connectivity index (χ0) is 25.4. The lowest BCUT2D eigenvalue weighted by Gasteiger charge is -2.23. The van der Waals surface area contributed by atoms with E-state index in [4.69, 9.17) is 0 Å². The first-order valence-electron chi connectivity index (χ1n) is 10.7. The van der Waals surface area contributed by atoms with E-state index in [-0.39, 0.29) is 56.4 Å². The van der Waals surface area contributed by atoms with Crippen molar-refractivity contribution in [1.29, 1.82) is 0 Å². The fourth-order valence-corrected chi connectivity index (χ4v) is 4.22. The van der Waals surface area contributed by atoms with Crippen LogP contribution >= 0.6 is 0 Å². The van der Waals surface area contributed by atoms with Gasteiger partial charge in [0.15, 0.2) is 11.6 Å². The van der Waals surface area contributed by atoms with E-state index in [1.807, 2.05) is 0 Å². The molecule has 0 saturated heterocycles. The monoisotopic (exact) mass is 480 g/mol. The highest BCUT2D eigenvalue weighted by atomic mass is 16.6. The highest BCUT2D eigenvalue weighted by Gasteiger charge is 2.34. The van der Waals surface area contributed by atoms with Gasteiger partial charge in [-0.25, -0.2) is 0 Å². The normalized spacial score (nSPS) is 11.9. The first kappa shape index (κ1) is 22.4. The molecule has 0 aromatic heterocycles. The molecule has 36 heavy (non-hydrogen) atoms. The molecule has 176 valence electrons. The van der Waals surface area contributed by atoms with Crippen LogP contribution in [0.2, 0.25) is 0 Å². The van der Waals surface area contributed by atoms with Crippen LogP contribution in [0.15, 0.2) is 84.9 Å². The Morgan fingerprint density at radius 3 is 1.25 bits per heavy atom. The SMILES string of the molecule is O=C1c2cccc(Nc3ccccc3[N+](=O)[O-])c2C(=O)c2cccc(Nc3ccccc3[N+](=O)[O-])c21. The van der Waals surface area contributed by atoms with Gasteiger partial charge < -0.3 is 10.6 Å². The number of nitrogens with one attached hydrogen (secondary N) is 2. The summed E-state index contributed by atoms with van der Waals surface area (Å²) in [6.45, 7) is 0. The predicted molar refractivity (Wildman–Crippen MR) is 133 cm³/mol. The van der Waals surface area contributed by atoms with Crippen LogP contribution < -0.4 is 10.6 Å². The molecule has 0 saturated carbocycles. The van der Waals surface area contributed by atoms with Gasteiger partial charge in [0, 0.05) is 23.3 Å². The molecule has 4 aromatic carbocycles. The number of rotatable bonds is 6. The Kier molecular flexibility index (Phi) is 5.46. The van der Waals surface area contributed by atoms with Crippen molar-refractivity contribution < 1.29 is 19.4 Å².